The first-order valence-corrected chi connectivity index (χ1v) is 6.50. The average Bonchev–Trinajstić information content (AvgIpc) is 3.18. The zero-order chi connectivity index (χ0) is 12.8. The number of methoxy groups -OCH3 is 1. The van der Waals surface area contributed by atoms with Crippen molar-refractivity contribution in [1.82, 2.24) is 5.32 Å². The smallest absolute Gasteiger partial charge is 0.165 e. The van der Waals surface area contributed by atoms with Crippen molar-refractivity contribution in [2.75, 3.05) is 13.7 Å². The number of hydrogen-bond donors (Lipinski definition) is 1. The fourth-order valence-electron chi connectivity index (χ4n) is 1.83. The lowest BCUT2D eigenvalue weighted by molar-refractivity contribution is 0.386. The molecule has 1 aliphatic carbocycles. The molecule has 0 bridgehead atoms. The van der Waals surface area contributed by atoms with E-state index >= 15 is 0 Å². The van der Waals surface area contributed by atoms with Crippen LogP contribution in [-0.4, -0.2) is 19.7 Å². The Morgan fingerprint density at radius 2 is 2.22 bits per heavy atom. The van der Waals surface area contributed by atoms with E-state index < -0.39 is 0 Å². The van der Waals surface area contributed by atoms with Gasteiger partial charge in [0.25, 0.3) is 0 Å². The van der Waals surface area contributed by atoms with Crippen molar-refractivity contribution in [2.45, 2.75) is 31.7 Å². The minimum absolute atomic E-state index is 0.293. The molecule has 18 heavy (non-hydrogen) atoms. The van der Waals surface area contributed by atoms with Crippen LogP contribution in [-0.2, 0) is 6.42 Å². The van der Waals surface area contributed by atoms with Crippen LogP contribution in [0.25, 0.3) is 0 Å². The average molecular weight is 249 g/mol. The second-order valence-electron chi connectivity index (χ2n) is 4.66. The lowest BCUT2D eigenvalue weighted by Gasteiger charge is -2.03. The van der Waals surface area contributed by atoms with Gasteiger partial charge in [-0.1, -0.05) is 18.2 Å². The van der Waals surface area contributed by atoms with Crippen molar-refractivity contribution in [3.05, 3.63) is 41.7 Å². The molecule has 0 saturated heterocycles. The number of halogens is 1. The summed E-state index contributed by atoms with van der Waals surface area (Å²) >= 11 is 0. The quantitative estimate of drug-likeness (QED) is 0.592. The maximum Gasteiger partial charge on any atom is 0.165 e. The number of benzene rings is 1. The number of nitrogens with one attached hydrogen (secondary N) is 1. The maximum atomic E-state index is 13.4. The van der Waals surface area contributed by atoms with E-state index in [2.05, 4.69) is 17.5 Å². The molecule has 3 heteroatoms. The van der Waals surface area contributed by atoms with Crippen LogP contribution in [0.3, 0.4) is 0 Å². The van der Waals surface area contributed by atoms with Crippen LogP contribution in [0, 0.1) is 5.82 Å². The normalized spacial score (nSPS) is 15.2. The summed E-state index contributed by atoms with van der Waals surface area (Å²) in [6.45, 7) is 1.04. The highest BCUT2D eigenvalue weighted by Gasteiger charge is 2.19. The Bertz CT molecular complexity index is 413. The van der Waals surface area contributed by atoms with Gasteiger partial charge in [-0.05, 0) is 49.9 Å². The molecule has 1 saturated carbocycles. The van der Waals surface area contributed by atoms with Gasteiger partial charge in [0, 0.05) is 6.04 Å². The molecule has 2 rings (SSSR count). The maximum absolute atomic E-state index is 13.4. The standard InChI is InChI=1S/C15H20FNO/c1-18-15-9-6-12(11-14(15)16)5-3-2-4-10-17-13-7-8-13/h2-3,6,9,11,13,17H,4-5,7-8,10H2,1H3. The van der Waals surface area contributed by atoms with Crippen LogP contribution >= 0.6 is 0 Å². The minimum Gasteiger partial charge on any atom is -0.494 e. The molecule has 98 valence electrons. The van der Waals surface area contributed by atoms with Gasteiger partial charge in [0.15, 0.2) is 11.6 Å². The Balaban J connectivity index is 1.71. The highest BCUT2D eigenvalue weighted by Crippen LogP contribution is 2.19. The van der Waals surface area contributed by atoms with Crippen LogP contribution in [0.5, 0.6) is 5.75 Å². The first kappa shape index (κ1) is 13.1. The van der Waals surface area contributed by atoms with Gasteiger partial charge in [-0.3, -0.25) is 0 Å². The Morgan fingerprint density at radius 3 is 2.89 bits per heavy atom. The molecular weight excluding hydrogens is 229 g/mol. The van der Waals surface area contributed by atoms with Gasteiger partial charge in [0.2, 0.25) is 0 Å². The van der Waals surface area contributed by atoms with E-state index in [1.165, 1.54) is 26.0 Å². The largest absolute Gasteiger partial charge is 0.494 e. The molecular formula is C15H20FNO. The van der Waals surface area contributed by atoms with Crippen LogP contribution in [0.4, 0.5) is 4.39 Å². The Kier molecular flexibility index (Phi) is 4.76. The van der Waals surface area contributed by atoms with Gasteiger partial charge in [0.1, 0.15) is 0 Å². The first-order chi connectivity index (χ1) is 8.79. The summed E-state index contributed by atoms with van der Waals surface area (Å²) < 4.78 is 18.3. The second-order valence-corrected chi connectivity index (χ2v) is 4.66. The van der Waals surface area contributed by atoms with Crippen LogP contribution in [0.15, 0.2) is 30.4 Å². The molecule has 1 aromatic carbocycles. The summed E-state index contributed by atoms with van der Waals surface area (Å²) in [5.74, 6) is 0.00941. The van der Waals surface area contributed by atoms with E-state index in [1.54, 1.807) is 6.07 Å². The van der Waals surface area contributed by atoms with E-state index in [9.17, 15) is 4.39 Å². The molecule has 0 aromatic heterocycles. The predicted molar refractivity (Wildman–Crippen MR) is 71.4 cm³/mol. The van der Waals surface area contributed by atoms with Crippen molar-refractivity contribution in [2.24, 2.45) is 0 Å². The summed E-state index contributed by atoms with van der Waals surface area (Å²) in [6.07, 6.45) is 8.70. The van der Waals surface area contributed by atoms with Crippen LogP contribution in [0.2, 0.25) is 0 Å². The van der Waals surface area contributed by atoms with E-state index in [0.717, 1.165) is 31.0 Å². The molecule has 1 fully saturated rings. The molecule has 0 atom stereocenters. The fourth-order valence-corrected chi connectivity index (χ4v) is 1.83. The molecule has 0 amide bonds. The highest BCUT2D eigenvalue weighted by atomic mass is 19.1. The second kappa shape index (κ2) is 6.55. The summed E-state index contributed by atoms with van der Waals surface area (Å²) in [7, 11) is 1.48. The fraction of sp³-hybridized carbons (Fsp3) is 0.467. The summed E-state index contributed by atoms with van der Waals surface area (Å²) in [4.78, 5) is 0. The zero-order valence-electron chi connectivity index (χ0n) is 10.8. The van der Waals surface area contributed by atoms with Crippen molar-refractivity contribution < 1.29 is 9.13 Å². The van der Waals surface area contributed by atoms with Gasteiger partial charge in [-0.2, -0.15) is 0 Å². The van der Waals surface area contributed by atoms with Gasteiger partial charge < -0.3 is 10.1 Å². The van der Waals surface area contributed by atoms with E-state index in [1.807, 2.05) is 6.07 Å². The van der Waals surface area contributed by atoms with E-state index in [0.29, 0.717) is 5.75 Å². The molecule has 2 nitrogen and oxygen atoms in total. The molecule has 1 aromatic rings. The number of hydrogen-bond acceptors (Lipinski definition) is 2. The third-order valence-corrected chi connectivity index (χ3v) is 3.06. The molecule has 0 unspecified atom stereocenters. The topological polar surface area (TPSA) is 21.3 Å². The molecule has 1 N–H and O–H groups in total. The zero-order valence-corrected chi connectivity index (χ0v) is 10.8. The van der Waals surface area contributed by atoms with Crippen molar-refractivity contribution >= 4 is 0 Å². The van der Waals surface area contributed by atoms with Crippen molar-refractivity contribution in [3.8, 4) is 5.75 Å². The molecule has 1 aliphatic rings. The van der Waals surface area contributed by atoms with Crippen LogP contribution in [0.1, 0.15) is 24.8 Å². The Labute approximate surface area is 108 Å². The summed E-state index contributed by atoms with van der Waals surface area (Å²) in [5, 5.41) is 3.45. The monoisotopic (exact) mass is 249 g/mol. The number of allylic oxidation sites excluding steroid dienone is 1. The molecule has 0 spiro atoms. The predicted octanol–water partition coefficient (Wildman–Crippen LogP) is 3.08. The third kappa shape index (κ3) is 4.15. The molecule has 0 heterocycles. The van der Waals surface area contributed by atoms with Gasteiger partial charge in [0.05, 0.1) is 7.11 Å². The van der Waals surface area contributed by atoms with E-state index in [-0.39, 0.29) is 5.82 Å². The van der Waals surface area contributed by atoms with Gasteiger partial charge in [-0.25, -0.2) is 4.39 Å². The van der Waals surface area contributed by atoms with Crippen molar-refractivity contribution in [3.63, 3.8) is 0 Å². The number of ether oxygens (including phenoxy) is 1. The highest BCUT2D eigenvalue weighted by molar-refractivity contribution is 5.30. The Hall–Kier alpha value is -1.35. The number of rotatable bonds is 7. The van der Waals surface area contributed by atoms with Gasteiger partial charge in [-0.15, -0.1) is 0 Å². The van der Waals surface area contributed by atoms with Crippen LogP contribution < -0.4 is 10.1 Å². The molecule has 0 aliphatic heterocycles. The lowest BCUT2D eigenvalue weighted by atomic mass is 10.1. The van der Waals surface area contributed by atoms with E-state index in [4.69, 9.17) is 4.74 Å². The third-order valence-electron chi connectivity index (χ3n) is 3.06. The lowest BCUT2D eigenvalue weighted by Crippen LogP contribution is -2.16. The van der Waals surface area contributed by atoms with Gasteiger partial charge >= 0.3 is 0 Å². The summed E-state index contributed by atoms with van der Waals surface area (Å²) in [5.41, 5.74) is 0.972. The van der Waals surface area contributed by atoms with Crippen molar-refractivity contribution in [1.29, 1.82) is 0 Å². The first-order valence-electron chi connectivity index (χ1n) is 6.50. The SMILES string of the molecule is COc1ccc(CC=CCCNC2CC2)cc1F. The Morgan fingerprint density at radius 1 is 1.39 bits per heavy atom. The molecule has 0 radical (unpaired) electrons. The minimum atomic E-state index is -0.293. The summed E-state index contributed by atoms with van der Waals surface area (Å²) in [6, 6.07) is 5.88.